The Bertz CT molecular complexity index is 1290. The fourth-order valence-corrected chi connectivity index (χ4v) is 6.62. The highest BCUT2D eigenvalue weighted by Gasteiger charge is 2.44. The number of aliphatic hydroxyl groups is 2. The minimum absolute atomic E-state index is 0.0458. The summed E-state index contributed by atoms with van der Waals surface area (Å²) in [6.07, 6.45) is 2.78. The lowest BCUT2D eigenvalue weighted by Crippen LogP contribution is -2.30. The van der Waals surface area contributed by atoms with Crippen molar-refractivity contribution in [2.45, 2.75) is 87.6 Å². The van der Waals surface area contributed by atoms with Gasteiger partial charge in [-0.05, 0) is 74.4 Å². The predicted octanol–water partition coefficient (Wildman–Crippen LogP) is 4.16. The summed E-state index contributed by atoms with van der Waals surface area (Å²) in [6.45, 7) is 4.74. The molecule has 0 radical (unpaired) electrons. The molecule has 6 unspecified atom stereocenters. The zero-order valence-electron chi connectivity index (χ0n) is 21.8. The fraction of sp³-hybridized carbons (Fsp3) is 0.593. The van der Waals surface area contributed by atoms with Crippen molar-refractivity contribution in [3.05, 3.63) is 41.0 Å². The maximum atomic E-state index is 13.9. The first-order valence-corrected chi connectivity index (χ1v) is 14.5. The highest BCUT2D eigenvalue weighted by molar-refractivity contribution is 7.99. The Morgan fingerprint density at radius 2 is 1.97 bits per heavy atom. The number of thioether (sulfide) groups is 1. The molecule has 0 aliphatic heterocycles. The van der Waals surface area contributed by atoms with Gasteiger partial charge in [-0.2, -0.15) is 0 Å². The monoisotopic (exact) mass is 546 g/mol. The molecule has 5 rings (SSSR count). The van der Waals surface area contributed by atoms with E-state index in [0.717, 1.165) is 59.7 Å². The maximum Gasteiger partial charge on any atom is 0.182 e. The first-order chi connectivity index (χ1) is 18.4. The molecule has 38 heavy (non-hydrogen) atoms. The van der Waals surface area contributed by atoms with Gasteiger partial charge in [-0.25, -0.2) is 18.4 Å². The lowest BCUT2D eigenvalue weighted by Gasteiger charge is -2.19. The third-order valence-electron chi connectivity index (χ3n) is 7.83. The highest BCUT2D eigenvalue weighted by atomic mass is 32.2. The van der Waals surface area contributed by atoms with Gasteiger partial charge in [0, 0.05) is 17.5 Å². The lowest BCUT2D eigenvalue weighted by atomic mass is 9.99. The molecule has 2 heterocycles. The van der Waals surface area contributed by atoms with Crippen molar-refractivity contribution >= 4 is 28.6 Å². The Morgan fingerprint density at radius 1 is 1.16 bits per heavy atom. The summed E-state index contributed by atoms with van der Waals surface area (Å²) in [7, 11) is 0. The van der Waals surface area contributed by atoms with Crippen LogP contribution in [0.3, 0.4) is 0 Å². The summed E-state index contributed by atoms with van der Waals surface area (Å²) >= 11 is 1.68. The molecule has 0 bridgehead atoms. The molecule has 1 aromatic carbocycles. The zero-order valence-corrected chi connectivity index (χ0v) is 22.6. The van der Waals surface area contributed by atoms with Crippen LogP contribution < -0.4 is 11.1 Å². The molecule has 3 aromatic rings. The number of nitrogens with two attached hydrogens (primary N) is 1. The number of fused-ring (bicyclic) bond motifs is 1. The average Bonchev–Trinajstić information content (AvgIpc) is 3.47. The SMILES string of the molecule is CCCSc1nc2c(nnn2C2CC(CCCN)C(O)C2O)c(NC2CC2c2ccc(F)c(F)c2)c1CC. The smallest absolute Gasteiger partial charge is 0.182 e. The highest BCUT2D eigenvalue weighted by Crippen LogP contribution is 2.46. The molecule has 5 N–H and O–H groups in total. The number of benzene rings is 1. The van der Waals surface area contributed by atoms with Crippen LogP contribution in [-0.4, -0.2) is 60.7 Å². The number of nitrogens with zero attached hydrogens (tertiary/aromatic N) is 4. The van der Waals surface area contributed by atoms with Gasteiger partial charge in [0.1, 0.15) is 11.1 Å². The van der Waals surface area contributed by atoms with E-state index in [1.54, 1.807) is 22.5 Å². The second kappa shape index (κ2) is 11.4. The number of aliphatic hydroxyl groups excluding tert-OH is 2. The summed E-state index contributed by atoms with van der Waals surface area (Å²) in [5.74, 6) is -0.782. The van der Waals surface area contributed by atoms with Crippen molar-refractivity contribution in [2.75, 3.05) is 17.6 Å². The van der Waals surface area contributed by atoms with Crippen LogP contribution in [0.25, 0.3) is 11.2 Å². The van der Waals surface area contributed by atoms with Gasteiger partial charge in [0.25, 0.3) is 0 Å². The molecular weight excluding hydrogens is 510 g/mol. The first-order valence-electron chi connectivity index (χ1n) is 13.6. The van der Waals surface area contributed by atoms with Crippen molar-refractivity contribution in [3.8, 4) is 0 Å². The van der Waals surface area contributed by atoms with Gasteiger partial charge in [-0.15, -0.1) is 16.9 Å². The van der Waals surface area contributed by atoms with Crippen molar-refractivity contribution in [1.29, 1.82) is 0 Å². The van der Waals surface area contributed by atoms with Crippen molar-refractivity contribution < 1.29 is 19.0 Å². The Hall–Kier alpha value is -2.34. The van der Waals surface area contributed by atoms with E-state index >= 15 is 0 Å². The lowest BCUT2D eigenvalue weighted by molar-refractivity contribution is 0.00334. The number of halogens is 2. The molecule has 0 saturated heterocycles. The summed E-state index contributed by atoms with van der Waals surface area (Å²) in [5, 5.41) is 35.1. The molecule has 11 heteroatoms. The average molecular weight is 547 g/mol. The van der Waals surface area contributed by atoms with Crippen LogP contribution in [0.5, 0.6) is 0 Å². The molecule has 2 aliphatic rings. The molecule has 2 aromatic heterocycles. The molecule has 8 nitrogen and oxygen atoms in total. The number of aromatic nitrogens is 4. The summed E-state index contributed by atoms with van der Waals surface area (Å²) < 4.78 is 29.0. The van der Waals surface area contributed by atoms with E-state index in [4.69, 9.17) is 10.7 Å². The predicted molar refractivity (Wildman–Crippen MR) is 144 cm³/mol. The molecule has 6 atom stereocenters. The second-order valence-electron chi connectivity index (χ2n) is 10.4. The Kier molecular flexibility index (Phi) is 8.18. The number of hydrogen-bond donors (Lipinski definition) is 4. The van der Waals surface area contributed by atoms with Gasteiger partial charge >= 0.3 is 0 Å². The summed E-state index contributed by atoms with van der Waals surface area (Å²) in [6, 6.07) is 3.70. The third kappa shape index (κ3) is 5.13. The van der Waals surface area contributed by atoms with Crippen LogP contribution >= 0.6 is 11.8 Å². The van der Waals surface area contributed by atoms with E-state index in [1.807, 2.05) is 0 Å². The Labute approximate surface area is 225 Å². The normalized spacial score (nSPS) is 26.8. The van der Waals surface area contributed by atoms with Crippen LogP contribution in [-0.2, 0) is 6.42 Å². The minimum Gasteiger partial charge on any atom is -0.390 e. The van der Waals surface area contributed by atoms with Crippen LogP contribution in [0.2, 0.25) is 0 Å². The van der Waals surface area contributed by atoms with E-state index in [0.29, 0.717) is 24.1 Å². The van der Waals surface area contributed by atoms with Gasteiger partial charge in [-0.3, -0.25) is 0 Å². The van der Waals surface area contributed by atoms with E-state index in [-0.39, 0.29) is 17.9 Å². The van der Waals surface area contributed by atoms with Gasteiger partial charge in [0.05, 0.1) is 17.8 Å². The van der Waals surface area contributed by atoms with Gasteiger partial charge in [0.15, 0.2) is 22.8 Å². The minimum atomic E-state index is -0.973. The maximum absolute atomic E-state index is 13.9. The molecular formula is C27H36F2N6O2S. The number of anilines is 1. The fourth-order valence-electron chi connectivity index (χ4n) is 5.65. The van der Waals surface area contributed by atoms with Gasteiger partial charge < -0.3 is 21.3 Å². The Balaban J connectivity index is 1.50. The molecule has 2 aliphatic carbocycles. The molecule has 2 fully saturated rings. The molecule has 0 amide bonds. The van der Waals surface area contributed by atoms with Crippen molar-refractivity contribution in [3.63, 3.8) is 0 Å². The number of pyridine rings is 1. The standard InChI is InChI=1S/C27H36F2N6O2S/c1-3-10-38-27-16(4-2)22(31-20-13-17(20)14-7-8-18(28)19(29)11-14)23-26(32-27)35(34-33-23)21-12-15(6-5-9-30)24(36)25(21)37/h7-8,11,15,17,20-21,24-25,36-37H,3-6,9-10,12-13,30H2,1-2H3,(H,31,32). The topological polar surface area (TPSA) is 122 Å². The quantitative estimate of drug-likeness (QED) is 0.265. The Morgan fingerprint density at radius 3 is 2.68 bits per heavy atom. The second-order valence-corrected chi connectivity index (χ2v) is 11.5. The van der Waals surface area contributed by atoms with Crippen LogP contribution in [0.15, 0.2) is 23.2 Å². The van der Waals surface area contributed by atoms with Crippen molar-refractivity contribution in [2.24, 2.45) is 11.7 Å². The molecule has 2 saturated carbocycles. The largest absolute Gasteiger partial charge is 0.390 e. The summed E-state index contributed by atoms with van der Waals surface area (Å²) in [5.41, 5.74) is 9.52. The van der Waals surface area contributed by atoms with E-state index in [1.165, 1.54) is 12.1 Å². The van der Waals surface area contributed by atoms with Crippen molar-refractivity contribution in [1.82, 2.24) is 20.0 Å². The number of rotatable bonds is 11. The van der Waals surface area contributed by atoms with Crippen LogP contribution in [0.4, 0.5) is 14.5 Å². The molecule has 0 spiro atoms. The number of nitrogens with one attached hydrogen (secondary N) is 1. The van der Waals surface area contributed by atoms with Crippen LogP contribution in [0.1, 0.15) is 69.0 Å². The first kappa shape index (κ1) is 27.2. The zero-order chi connectivity index (χ0) is 27.0. The third-order valence-corrected chi connectivity index (χ3v) is 9.05. The van der Waals surface area contributed by atoms with E-state index in [9.17, 15) is 19.0 Å². The van der Waals surface area contributed by atoms with Gasteiger partial charge in [0.2, 0.25) is 0 Å². The van der Waals surface area contributed by atoms with Crippen LogP contribution in [0, 0.1) is 17.6 Å². The summed E-state index contributed by atoms with van der Waals surface area (Å²) in [4.78, 5) is 4.98. The molecule has 206 valence electrons. The van der Waals surface area contributed by atoms with E-state index in [2.05, 4.69) is 29.5 Å². The van der Waals surface area contributed by atoms with Gasteiger partial charge in [-0.1, -0.05) is 25.1 Å². The van der Waals surface area contributed by atoms with E-state index < -0.39 is 29.9 Å². The number of hydrogen-bond acceptors (Lipinski definition) is 8.